The van der Waals surface area contributed by atoms with Crippen LogP contribution in [0.1, 0.15) is 37.8 Å². The number of esters is 1. The van der Waals surface area contributed by atoms with Crippen molar-refractivity contribution in [3.8, 4) is 0 Å². The number of ether oxygens (including phenoxy) is 1. The van der Waals surface area contributed by atoms with Crippen LogP contribution < -0.4 is 0 Å². The molecule has 1 unspecified atom stereocenters. The highest BCUT2D eigenvalue weighted by Crippen LogP contribution is 2.30. The average molecular weight is 428 g/mol. The lowest BCUT2D eigenvalue weighted by Gasteiger charge is -2.27. The first-order valence-corrected chi connectivity index (χ1v) is 9.80. The minimum absolute atomic E-state index is 0.00458. The van der Waals surface area contributed by atoms with Gasteiger partial charge >= 0.3 is 12.1 Å². The Morgan fingerprint density at radius 2 is 2.00 bits per heavy atom. The van der Waals surface area contributed by atoms with Crippen LogP contribution >= 0.6 is 0 Å². The molecule has 2 amide bonds. The molecule has 0 aliphatic carbocycles. The highest BCUT2D eigenvalue weighted by molar-refractivity contribution is 5.89. The molecule has 0 saturated carbocycles. The van der Waals surface area contributed by atoms with Gasteiger partial charge < -0.3 is 14.5 Å². The van der Waals surface area contributed by atoms with Crippen LogP contribution in [0.2, 0.25) is 0 Å². The molecule has 6 nitrogen and oxygen atoms in total. The number of rotatable bonds is 8. The van der Waals surface area contributed by atoms with Crippen LogP contribution in [0.5, 0.6) is 0 Å². The monoisotopic (exact) mass is 428 g/mol. The zero-order valence-corrected chi connectivity index (χ0v) is 17.4. The number of methoxy groups -OCH3 is 1. The normalized spacial score (nSPS) is 16.8. The molecule has 0 bridgehead atoms. The summed E-state index contributed by atoms with van der Waals surface area (Å²) in [5.41, 5.74) is -0.416. The van der Waals surface area contributed by atoms with Gasteiger partial charge in [0.05, 0.1) is 25.0 Å². The summed E-state index contributed by atoms with van der Waals surface area (Å²) in [6.07, 6.45) is -4.39. The van der Waals surface area contributed by atoms with E-state index < -0.39 is 23.6 Å². The molecule has 1 saturated heterocycles. The summed E-state index contributed by atoms with van der Waals surface area (Å²) in [6.45, 7) is 4.67. The molecule has 0 radical (unpaired) electrons. The Hall–Kier alpha value is -2.58. The number of carbonyl (C=O) groups excluding carboxylic acids is 3. The predicted molar refractivity (Wildman–Crippen MR) is 103 cm³/mol. The average Bonchev–Trinajstić information content (AvgIpc) is 3.04. The lowest BCUT2D eigenvalue weighted by molar-refractivity contribution is -0.143. The maximum absolute atomic E-state index is 13.0. The second-order valence-corrected chi connectivity index (χ2v) is 7.88. The summed E-state index contributed by atoms with van der Waals surface area (Å²) < 4.78 is 43.4. The number of alkyl halides is 3. The molecule has 1 aromatic carbocycles. The fourth-order valence-electron chi connectivity index (χ4n) is 3.48. The molecule has 166 valence electrons. The summed E-state index contributed by atoms with van der Waals surface area (Å²) in [5.74, 6) is -1.34. The number of halogens is 3. The van der Waals surface area contributed by atoms with E-state index in [1.54, 1.807) is 4.90 Å². The molecule has 2 rings (SSSR count). The highest BCUT2D eigenvalue weighted by atomic mass is 19.4. The molecule has 1 fully saturated rings. The Morgan fingerprint density at radius 1 is 1.30 bits per heavy atom. The summed E-state index contributed by atoms with van der Waals surface area (Å²) in [5, 5.41) is 0. The second kappa shape index (κ2) is 9.95. The first-order chi connectivity index (χ1) is 14.0. The second-order valence-electron chi connectivity index (χ2n) is 7.88. The molecule has 1 aromatic rings. The number of carbonyl (C=O) groups is 3. The minimum Gasteiger partial charge on any atom is -0.469 e. The predicted octanol–water partition coefficient (Wildman–Crippen LogP) is 3.10. The Morgan fingerprint density at radius 3 is 2.60 bits per heavy atom. The topological polar surface area (TPSA) is 66.9 Å². The minimum atomic E-state index is -4.46. The maximum atomic E-state index is 13.0. The molecule has 1 atom stereocenters. The van der Waals surface area contributed by atoms with Crippen LogP contribution in [0.3, 0.4) is 0 Å². The highest BCUT2D eigenvalue weighted by Gasteiger charge is 2.37. The van der Waals surface area contributed by atoms with E-state index in [0.29, 0.717) is 12.1 Å². The number of nitrogens with zero attached hydrogens (tertiary/aromatic N) is 2. The van der Waals surface area contributed by atoms with Crippen LogP contribution in [0.4, 0.5) is 13.2 Å². The van der Waals surface area contributed by atoms with E-state index in [0.717, 1.165) is 12.1 Å². The van der Waals surface area contributed by atoms with E-state index in [-0.39, 0.29) is 50.2 Å². The van der Waals surface area contributed by atoms with E-state index in [4.69, 9.17) is 0 Å². The zero-order valence-electron chi connectivity index (χ0n) is 17.4. The zero-order chi connectivity index (χ0) is 22.5. The molecule has 9 heteroatoms. The molecule has 1 aliphatic rings. The van der Waals surface area contributed by atoms with Crippen molar-refractivity contribution >= 4 is 17.8 Å². The van der Waals surface area contributed by atoms with Gasteiger partial charge in [-0.15, -0.1) is 0 Å². The van der Waals surface area contributed by atoms with Crippen LogP contribution in [-0.4, -0.2) is 54.3 Å². The summed E-state index contributed by atoms with van der Waals surface area (Å²) >= 11 is 0. The number of benzene rings is 1. The van der Waals surface area contributed by atoms with E-state index in [1.165, 1.54) is 24.1 Å². The van der Waals surface area contributed by atoms with Crippen molar-refractivity contribution < 1.29 is 32.3 Å². The van der Waals surface area contributed by atoms with Crippen LogP contribution in [0.25, 0.3) is 0 Å². The van der Waals surface area contributed by atoms with Crippen molar-refractivity contribution in [2.75, 3.05) is 26.7 Å². The third kappa shape index (κ3) is 6.47. The van der Waals surface area contributed by atoms with Gasteiger partial charge in [-0.2, -0.15) is 13.2 Å². The van der Waals surface area contributed by atoms with Gasteiger partial charge in [0.1, 0.15) is 0 Å². The summed E-state index contributed by atoms with van der Waals surface area (Å²) in [7, 11) is 1.28. The van der Waals surface area contributed by atoms with Gasteiger partial charge in [0.25, 0.3) is 0 Å². The number of hydrogen-bond acceptors (Lipinski definition) is 4. The van der Waals surface area contributed by atoms with Crippen molar-refractivity contribution in [3.05, 3.63) is 35.4 Å². The molecular weight excluding hydrogens is 401 g/mol. The number of amides is 2. The Kier molecular flexibility index (Phi) is 7.86. The standard InChI is InChI=1S/C21H27F3N2O4/c1-14(2)11-25(8-7-19(28)30-3)20(29)16-10-18(27)26(13-16)12-15-5-4-6-17(9-15)21(22,23)24/h4-6,9,14,16H,7-8,10-13H2,1-3H3. The molecule has 1 aliphatic heterocycles. The summed E-state index contributed by atoms with van der Waals surface area (Å²) in [6, 6.07) is 4.83. The fourth-order valence-corrected chi connectivity index (χ4v) is 3.48. The largest absolute Gasteiger partial charge is 0.469 e. The van der Waals surface area contributed by atoms with E-state index in [9.17, 15) is 27.6 Å². The van der Waals surface area contributed by atoms with Crippen molar-refractivity contribution in [3.63, 3.8) is 0 Å². The van der Waals surface area contributed by atoms with Gasteiger partial charge in [0.15, 0.2) is 0 Å². The summed E-state index contributed by atoms with van der Waals surface area (Å²) in [4.78, 5) is 39.8. The van der Waals surface area contributed by atoms with Crippen molar-refractivity contribution in [2.24, 2.45) is 11.8 Å². The number of hydrogen-bond donors (Lipinski definition) is 0. The van der Waals surface area contributed by atoms with E-state index in [1.807, 2.05) is 13.8 Å². The van der Waals surface area contributed by atoms with Crippen molar-refractivity contribution in [2.45, 2.75) is 39.4 Å². The fraction of sp³-hybridized carbons (Fsp3) is 0.571. The van der Waals surface area contributed by atoms with Crippen molar-refractivity contribution in [1.82, 2.24) is 9.80 Å². The Balaban J connectivity index is 2.05. The third-order valence-corrected chi connectivity index (χ3v) is 4.90. The molecule has 30 heavy (non-hydrogen) atoms. The first kappa shape index (κ1) is 23.7. The third-order valence-electron chi connectivity index (χ3n) is 4.90. The molecular formula is C21H27F3N2O4. The van der Waals surface area contributed by atoms with Gasteiger partial charge in [-0.3, -0.25) is 14.4 Å². The van der Waals surface area contributed by atoms with E-state index >= 15 is 0 Å². The van der Waals surface area contributed by atoms with Crippen LogP contribution in [0.15, 0.2) is 24.3 Å². The maximum Gasteiger partial charge on any atom is 0.416 e. The van der Waals surface area contributed by atoms with E-state index in [2.05, 4.69) is 4.74 Å². The van der Waals surface area contributed by atoms with Crippen LogP contribution in [-0.2, 0) is 31.8 Å². The Labute approximate surface area is 174 Å². The van der Waals surface area contributed by atoms with Gasteiger partial charge in [-0.1, -0.05) is 26.0 Å². The molecule has 0 spiro atoms. The Bertz CT molecular complexity index is 780. The number of likely N-dealkylation sites (tertiary alicyclic amines) is 1. The van der Waals surface area contributed by atoms with Gasteiger partial charge in [-0.25, -0.2) is 0 Å². The lowest BCUT2D eigenvalue weighted by atomic mass is 10.1. The first-order valence-electron chi connectivity index (χ1n) is 9.80. The molecule has 1 heterocycles. The smallest absolute Gasteiger partial charge is 0.416 e. The van der Waals surface area contributed by atoms with Gasteiger partial charge in [0, 0.05) is 32.6 Å². The SMILES string of the molecule is COC(=O)CCN(CC(C)C)C(=O)C1CC(=O)N(Cc2cccc(C(F)(F)F)c2)C1. The van der Waals surface area contributed by atoms with Crippen LogP contribution in [0, 0.1) is 11.8 Å². The molecule has 0 N–H and O–H groups in total. The van der Waals surface area contributed by atoms with Crippen molar-refractivity contribution in [1.29, 1.82) is 0 Å². The quantitative estimate of drug-likeness (QED) is 0.597. The van der Waals surface area contributed by atoms with Gasteiger partial charge in [-0.05, 0) is 23.6 Å². The molecule has 0 aromatic heterocycles. The lowest BCUT2D eigenvalue weighted by Crippen LogP contribution is -2.40. The van der Waals surface area contributed by atoms with Gasteiger partial charge in [0.2, 0.25) is 11.8 Å².